The van der Waals surface area contributed by atoms with Gasteiger partial charge >= 0.3 is 0 Å². The minimum Gasteiger partial charge on any atom is -0.464 e. The fourth-order valence-corrected chi connectivity index (χ4v) is 2.54. The highest BCUT2D eigenvalue weighted by Gasteiger charge is 2.21. The lowest BCUT2D eigenvalue weighted by Gasteiger charge is -2.02. The Hall–Kier alpha value is -0.800. The van der Waals surface area contributed by atoms with E-state index in [9.17, 15) is 0 Å². The minimum atomic E-state index is 0.730. The third-order valence-electron chi connectivity index (χ3n) is 3.10. The SMILES string of the molecule is Cc1ccc(Br)c2c(CNC3CC3)coc12. The van der Waals surface area contributed by atoms with Crippen LogP contribution in [0, 0.1) is 6.92 Å². The molecule has 0 unspecified atom stereocenters. The van der Waals surface area contributed by atoms with Crippen LogP contribution in [0.1, 0.15) is 24.0 Å². The van der Waals surface area contributed by atoms with E-state index in [0.29, 0.717) is 0 Å². The van der Waals surface area contributed by atoms with Crippen molar-refractivity contribution in [3.63, 3.8) is 0 Å². The Morgan fingerprint density at radius 2 is 2.25 bits per heavy atom. The fourth-order valence-electron chi connectivity index (χ4n) is 1.97. The van der Waals surface area contributed by atoms with E-state index in [1.165, 1.54) is 29.4 Å². The molecule has 84 valence electrons. The number of hydrogen-bond donors (Lipinski definition) is 1. The molecule has 0 aliphatic heterocycles. The topological polar surface area (TPSA) is 25.2 Å². The Bertz CT molecular complexity index is 528. The van der Waals surface area contributed by atoms with Gasteiger partial charge in [-0.2, -0.15) is 0 Å². The predicted octanol–water partition coefficient (Wildman–Crippen LogP) is 3.76. The molecule has 1 fully saturated rings. The number of furan rings is 1. The summed E-state index contributed by atoms with van der Waals surface area (Å²) in [6, 6.07) is 4.90. The first-order valence-electron chi connectivity index (χ1n) is 5.64. The molecule has 1 aromatic carbocycles. The lowest BCUT2D eigenvalue weighted by molar-refractivity contribution is 0.599. The van der Waals surface area contributed by atoms with Crippen LogP contribution < -0.4 is 5.32 Å². The van der Waals surface area contributed by atoms with E-state index in [1.54, 1.807) is 0 Å². The summed E-state index contributed by atoms with van der Waals surface area (Å²) in [6.07, 6.45) is 4.50. The zero-order valence-corrected chi connectivity index (χ0v) is 10.8. The van der Waals surface area contributed by atoms with Crippen LogP contribution in [0.4, 0.5) is 0 Å². The van der Waals surface area contributed by atoms with Gasteiger partial charge in [0.2, 0.25) is 0 Å². The van der Waals surface area contributed by atoms with Crippen LogP contribution in [-0.4, -0.2) is 6.04 Å². The highest BCUT2D eigenvalue weighted by molar-refractivity contribution is 9.10. The Morgan fingerprint density at radius 3 is 3.00 bits per heavy atom. The maximum Gasteiger partial charge on any atom is 0.138 e. The largest absolute Gasteiger partial charge is 0.464 e. The Morgan fingerprint density at radius 1 is 1.44 bits per heavy atom. The predicted molar refractivity (Wildman–Crippen MR) is 68.5 cm³/mol. The van der Waals surface area contributed by atoms with Crippen molar-refractivity contribution in [1.82, 2.24) is 5.32 Å². The molecule has 0 spiro atoms. The summed E-state index contributed by atoms with van der Waals surface area (Å²) in [7, 11) is 0. The van der Waals surface area contributed by atoms with Crippen molar-refractivity contribution in [3.05, 3.63) is 34.0 Å². The van der Waals surface area contributed by atoms with E-state index in [2.05, 4.69) is 40.3 Å². The molecule has 0 amide bonds. The smallest absolute Gasteiger partial charge is 0.138 e. The molecule has 0 radical (unpaired) electrons. The summed E-state index contributed by atoms with van der Waals surface area (Å²) in [5, 5.41) is 4.73. The molecule has 1 N–H and O–H groups in total. The maximum atomic E-state index is 5.64. The monoisotopic (exact) mass is 279 g/mol. The zero-order chi connectivity index (χ0) is 11.1. The fraction of sp³-hybridized carbons (Fsp3) is 0.385. The van der Waals surface area contributed by atoms with Crippen molar-refractivity contribution in [2.45, 2.75) is 32.4 Å². The summed E-state index contributed by atoms with van der Waals surface area (Å²) in [6.45, 7) is 2.98. The van der Waals surface area contributed by atoms with Crippen molar-refractivity contribution < 1.29 is 4.42 Å². The molecule has 0 bridgehead atoms. The molecule has 2 aromatic rings. The van der Waals surface area contributed by atoms with Crippen molar-refractivity contribution in [3.8, 4) is 0 Å². The molecule has 3 heteroatoms. The van der Waals surface area contributed by atoms with Gasteiger partial charge in [0.25, 0.3) is 0 Å². The van der Waals surface area contributed by atoms with Crippen LogP contribution in [0.5, 0.6) is 0 Å². The standard InChI is InChI=1S/C13H14BrNO/c1-8-2-5-11(14)12-9(7-16-13(8)12)6-15-10-3-4-10/h2,5,7,10,15H,3-4,6H2,1H3. The second-order valence-corrected chi connectivity index (χ2v) is 5.34. The lowest BCUT2D eigenvalue weighted by atomic mass is 10.1. The highest BCUT2D eigenvalue weighted by Crippen LogP contribution is 2.31. The molecule has 1 aliphatic carbocycles. The summed E-state index contributed by atoms with van der Waals surface area (Å²) in [5.41, 5.74) is 3.44. The summed E-state index contributed by atoms with van der Waals surface area (Å²) in [5.74, 6) is 0. The molecule has 1 aliphatic rings. The van der Waals surface area contributed by atoms with Gasteiger partial charge in [0, 0.05) is 28.0 Å². The van der Waals surface area contributed by atoms with Gasteiger partial charge in [-0.25, -0.2) is 0 Å². The Balaban J connectivity index is 2.00. The second-order valence-electron chi connectivity index (χ2n) is 4.48. The normalized spacial score (nSPS) is 15.9. The average Bonchev–Trinajstić information content (AvgIpc) is 3.00. The average molecular weight is 280 g/mol. The van der Waals surface area contributed by atoms with Crippen LogP contribution in [-0.2, 0) is 6.54 Å². The summed E-state index contributed by atoms with van der Waals surface area (Å²) < 4.78 is 6.76. The van der Waals surface area contributed by atoms with E-state index >= 15 is 0 Å². The number of aryl methyl sites for hydroxylation is 1. The zero-order valence-electron chi connectivity index (χ0n) is 9.22. The first kappa shape index (κ1) is 10.4. The summed E-state index contributed by atoms with van der Waals surface area (Å²) >= 11 is 3.60. The van der Waals surface area contributed by atoms with E-state index in [1.807, 2.05) is 6.26 Å². The lowest BCUT2D eigenvalue weighted by Crippen LogP contribution is -2.14. The third-order valence-corrected chi connectivity index (χ3v) is 3.76. The van der Waals surface area contributed by atoms with Crippen molar-refractivity contribution in [2.24, 2.45) is 0 Å². The molecular weight excluding hydrogens is 266 g/mol. The van der Waals surface area contributed by atoms with E-state index in [4.69, 9.17) is 4.42 Å². The van der Waals surface area contributed by atoms with Crippen LogP contribution in [0.3, 0.4) is 0 Å². The van der Waals surface area contributed by atoms with Crippen LogP contribution in [0.2, 0.25) is 0 Å². The van der Waals surface area contributed by atoms with Gasteiger partial charge in [-0.1, -0.05) is 22.0 Å². The molecule has 2 nitrogen and oxygen atoms in total. The molecule has 3 rings (SSSR count). The molecule has 0 atom stereocenters. The van der Waals surface area contributed by atoms with Crippen LogP contribution in [0.25, 0.3) is 11.0 Å². The number of fused-ring (bicyclic) bond motifs is 1. The number of halogens is 1. The van der Waals surface area contributed by atoms with Gasteiger partial charge in [-0.05, 0) is 31.4 Å². The first-order valence-corrected chi connectivity index (χ1v) is 6.43. The number of rotatable bonds is 3. The van der Waals surface area contributed by atoms with Crippen LogP contribution >= 0.6 is 15.9 Å². The Kier molecular flexibility index (Phi) is 2.52. The maximum absolute atomic E-state index is 5.64. The highest BCUT2D eigenvalue weighted by atomic mass is 79.9. The third kappa shape index (κ3) is 1.78. The molecule has 1 saturated carbocycles. The summed E-state index contributed by atoms with van der Waals surface area (Å²) in [4.78, 5) is 0. The Labute approximate surface area is 103 Å². The molecule has 1 heterocycles. The van der Waals surface area contributed by atoms with E-state index in [0.717, 1.165) is 22.6 Å². The van der Waals surface area contributed by atoms with Crippen LogP contribution in [0.15, 0.2) is 27.3 Å². The number of nitrogens with one attached hydrogen (secondary N) is 1. The molecule has 16 heavy (non-hydrogen) atoms. The van der Waals surface area contributed by atoms with Gasteiger partial charge in [-0.3, -0.25) is 0 Å². The molecular formula is C13H14BrNO. The molecule has 1 aromatic heterocycles. The van der Waals surface area contributed by atoms with E-state index in [-0.39, 0.29) is 0 Å². The molecule has 0 saturated heterocycles. The van der Waals surface area contributed by atoms with Gasteiger partial charge in [0.1, 0.15) is 5.58 Å². The van der Waals surface area contributed by atoms with Gasteiger partial charge in [-0.15, -0.1) is 0 Å². The van der Waals surface area contributed by atoms with Gasteiger partial charge in [0.15, 0.2) is 0 Å². The van der Waals surface area contributed by atoms with Crippen molar-refractivity contribution in [1.29, 1.82) is 0 Å². The van der Waals surface area contributed by atoms with Gasteiger partial charge < -0.3 is 9.73 Å². The van der Waals surface area contributed by atoms with Crippen molar-refractivity contribution >= 4 is 26.9 Å². The number of benzene rings is 1. The van der Waals surface area contributed by atoms with Crippen molar-refractivity contribution in [2.75, 3.05) is 0 Å². The van der Waals surface area contributed by atoms with Gasteiger partial charge in [0.05, 0.1) is 6.26 Å². The second kappa shape index (κ2) is 3.90. The first-order chi connectivity index (χ1) is 7.75. The minimum absolute atomic E-state index is 0.730. The number of hydrogen-bond acceptors (Lipinski definition) is 2. The quantitative estimate of drug-likeness (QED) is 0.926. The van der Waals surface area contributed by atoms with E-state index < -0.39 is 0 Å².